The van der Waals surface area contributed by atoms with Crippen molar-refractivity contribution in [1.29, 1.82) is 0 Å². The summed E-state index contributed by atoms with van der Waals surface area (Å²) in [6.45, 7) is 9.66. The van der Waals surface area contributed by atoms with E-state index in [1.807, 2.05) is 24.9 Å². The highest BCUT2D eigenvalue weighted by Crippen LogP contribution is 2.30. The van der Waals surface area contributed by atoms with E-state index >= 15 is 0 Å². The van der Waals surface area contributed by atoms with Gasteiger partial charge in [-0.05, 0) is 19.1 Å². The van der Waals surface area contributed by atoms with Crippen LogP contribution in [0.1, 0.15) is 52.3 Å². The third kappa shape index (κ3) is 4.27. The van der Waals surface area contributed by atoms with Crippen molar-refractivity contribution in [2.45, 2.75) is 51.2 Å². The monoisotopic (exact) mass is 296 g/mol. The molecule has 114 valence electrons. The van der Waals surface area contributed by atoms with Gasteiger partial charge in [0.2, 0.25) is 0 Å². The molecule has 1 aromatic rings. The van der Waals surface area contributed by atoms with Gasteiger partial charge < -0.3 is 10.6 Å². The Balaban J connectivity index is 2.89. The smallest absolute Gasteiger partial charge is 0.135 e. The second-order valence-corrected chi connectivity index (χ2v) is 6.62. The van der Waals surface area contributed by atoms with Crippen molar-refractivity contribution in [3.63, 3.8) is 0 Å². The van der Waals surface area contributed by atoms with Crippen LogP contribution >= 0.6 is 11.8 Å². The molecule has 0 aliphatic carbocycles. The highest BCUT2D eigenvalue weighted by Gasteiger charge is 2.24. The lowest BCUT2D eigenvalue weighted by molar-refractivity contribution is 0.573. The Bertz CT molecular complexity index is 408. The molecule has 1 aromatic heterocycles. The first-order chi connectivity index (χ1) is 9.50. The molecule has 0 radical (unpaired) electrons. The second kappa shape index (κ2) is 7.72. The molecule has 0 fully saturated rings. The van der Waals surface area contributed by atoms with Crippen molar-refractivity contribution >= 4 is 23.4 Å². The van der Waals surface area contributed by atoms with Crippen LogP contribution in [0.5, 0.6) is 0 Å². The largest absolute Gasteiger partial charge is 0.373 e. The van der Waals surface area contributed by atoms with Gasteiger partial charge in [-0.1, -0.05) is 27.7 Å². The number of anilines is 2. The Morgan fingerprint density at radius 2 is 1.80 bits per heavy atom. The average Bonchev–Trinajstić information content (AvgIpc) is 2.48. The number of rotatable bonds is 8. The van der Waals surface area contributed by atoms with E-state index < -0.39 is 0 Å². The fraction of sp³-hybridized carbons (Fsp3) is 0.733. The minimum atomic E-state index is 0.281. The van der Waals surface area contributed by atoms with Crippen LogP contribution in [0.4, 0.5) is 11.6 Å². The highest BCUT2D eigenvalue weighted by molar-refractivity contribution is 8.00. The summed E-state index contributed by atoms with van der Waals surface area (Å²) in [5, 5.41) is 6.60. The van der Waals surface area contributed by atoms with Gasteiger partial charge in [0, 0.05) is 30.3 Å². The Labute approximate surface area is 127 Å². The van der Waals surface area contributed by atoms with E-state index in [1.165, 1.54) is 0 Å². The first-order valence-electron chi connectivity index (χ1n) is 7.36. The molecule has 20 heavy (non-hydrogen) atoms. The minimum absolute atomic E-state index is 0.281. The predicted octanol–water partition coefficient (Wildman–Crippen LogP) is 3.98. The van der Waals surface area contributed by atoms with Crippen LogP contribution in [0.2, 0.25) is 0 Å². The lowest BCUT2D eigenvalue weighted by Crippen LogP contribution is -2.32. The van der Waals surface area contributed by atoms with Crippen LogP contribution in [0, 0.1) is 0 Å². The first kappa shape index (κ1) is 17.1. The fourth-order valence-electron chi connectivity index (χ4n) is 2.06. The molecule has 2 N–H and O–H groups in total. The van der Waals surface area contributed by atoms with Gasteiger partial charge in [-0.2, -0.15) is 11.8 Å². The number of aromatic nitrogens is 2. The van der Waals surface area contributed by atoms with Crippen molar-refractivity contribution in [3.8, 4) is 0 Å². The third-order valence-electron chi connectivity index (χ3n) is 3.83. The zero-order valence-corrected chi connectivity index (χ0v) is 14.4. The Hall–Kier alpha value is -0.970. The van der Waals surface area contributed by atoms with E-state index in [1.54, 1.807) is 0 Å². The van der Waals surface area contributed by atoms with Gasteiger partial charge >= 0.3 is 0 Å². The lowest BCUT2D eigenvalue weighted by Gasteiger charge is -2.30. The van der Waals surface area contributed by atoms with Crippen LogP contribution in [0.3, 0.4) is 0 Å². The van der Waals surface area contributed by atoms with Gasteiger partial charge in [-0.15, -0.1) is 0 Å². The summed E-state index contributed by atoms with van der Waals surface area (Å²) in [5.74, 6) is 2.98. The molecular weight excluding hydrogens is 268 g/mol. The van der Waals surface area contributed by atoms with Gasteiger partial charge in [0.25, 0.3) is 0 Å². The summed E-state index contributed by atoms with van der Waals surface area (Å²) in [4.78, 5) is 9.10. The van der Waals surface area contributed by atoms with Crippen molar-refractivity contribution in [2.75, 3.05) is 30.5 Å². The lowest BCUT2D eigenvalue weighted by atomic mass is 10.0. The SMILES string of the molecule is CCC(CC)(CNc1cc(NC)nc(C(C)C)n1)SC. The molecule has 0 atom stereocenters. The zero-order valence-electron chi connectivity index (χ0n) is 13.6. The number of thioether (sulfide) groups is 1. The molecule has 0 saturated carbocycles. The van der Waals surface area contributed by atoms with E-state index in [2.05, 4.69) is 54.6 Å². The Kier molecular flexibility index (Phi) is 6.59. The molecule has 0 amide bonds. The quantitative estimate of drug-likeness (QED) is 0.760. The molecule has 4 nitrogen and oxygen atoms in total. The molecule has 0 aliphatic rings. The Morgan fingerprint density at radius 1 is 1.20 bits per heavy atom. The maximum absolute atomic E-state index is 4.62. The van der Waals surface area contributed by atoms with Crippen molar-refractivity contribution in [1.82, 2.24) is 9.97 Å². The molecule has 0 saturated heterocycles. The average molecular weight is 296 g/mol. The van der Waals surface area contributed by atoms with Crippen LogP contribution in [0.25, 0.3) is 0 Å². The normalized spacial score (nSPS) is 11.8. The fourth-order valence-corrected chi connectivity index (χ4v) is 2.85. The molecule has 1 rings (SSSR count). The van der Waals surface area contributed by atoms with E-state index in [9.17, 15) is 0 Å². The zero-order chi connectivity index (χ0) is 15.2. The number of hydrogen-bond acceptors (Lipinski definition) is 5. The highest BCUT2D eigenvalue weighted by atomic mass is 32.2. The molecule has 0 aliphatic heterocycles. The predicted molar refractivity (Wildman–Crippen MR) is 91.0 cm³/mol. The van der Waals surface area contributed by atoms with Gasteiger partial charge in [-0.25, -0.2) is 9.97 Å². The molecule has 1 heterocycles. The van der Waals surface area contributed by atoms with Crippen LogP contribution in [0.15, 0.2) is 6.07 Å². The van der Waals surface area contributed by atoms with Crippen LogP contribution < -0.4 is 10.6 Å². The second-order valence-electron chi connectivity index (χ2n) is 5.35. The molecular formula is C15H28N4S. The van der Waals surface area contributed by atoms with E-state index in [0.717, 1.165) is 36.8 Å². The topological polar surface area (TPSA) is 49.8 Å². The number of hydrogen-bond donors (Lipinski definition) is 2. The van der Waals surface area contributed by atoms with Gasteiger partial charge in [0.15, 0.2) is 0 Å². The molecule has 0 bridgehead atoms. The van der Waals surface area contributed by atoms with E-state index in [0.29, 0.717) is 5.92 Å². The summed E-state index contributed by atoms with van der Waals surface area (Å²) < 4.78 is 0.281. The molecule has 5 heteroatoms. The molecule has 0 unspecified atom stereocenters. The van der Waals surface area contributed by atoms with Crippen molar-refractivity contribution in [2.24, 2.45) is 0 Å². The summed E-state index contributed by atoms with van der Waals surface area (Å²) in [5.41, 5.74) is 0. The number of nitrogens with one attached hydrogen (secondary N) is 2. The van der Waals surface area contributed by atoms with Gasteiger partial charge in [0.05, 0.1) is 0 Å². The first-order valence-corrected chi connectivity index (χ1v) is 8.58. The number of nitrogens with zero attached hydrogens (tertiary/aromatic N) is 2. The molecule has 0 spiro atoms. The maximum Gasteiger partial charge on any atom is 0.135 e. The molecule has 0 aromatic carbocycles. The minimum Gasteiger partial charge on any atom is -0.373 e. The maximum atomic E-state index is 4.62. The van der Waals surface area contributed by atoms with E-state index in [4.69, 9.17) is 0 Å². The van der Waals surface area contributed by atoms with E-state index in [-0.39, 0.29) is 4.75 Å². The third-order valence-corrected chi connectivity index (χ3v) is 5.42. The van der Waals surface area contributed by atoms with Crippen molar-refractivity contribution in [3.05, 3.63) is 11.9 Å². The summed E-state index contributed by atoms with van der Waals surface area (Å²) in [6.07, 6.45) is 4.49. The van der Waals surface area contributed by atoms with Gasteiger partial charge in [-0.3, -0.25) is 0 Å². The van der Waals surface area contributed by atoms with Crippen LogP contribution in [-0.4, -0.2) is 34.6 Å². The summed E-state index contributed by atoms with van der Waals surface area (Å²) >= 11 is 1.94. The summed E-state index contributed by atoms with van der Waals surface area (Å²) in [6, 6.07) is 1.97. The van der Waals surface area contributed by atoms with Crippen molar-refractivity contribution < 1.29 is 0 Å². The standard InChI is InChI=1S/C15H28N4S/c1-7-15(8-2,20-6)10-17-13-9-12(16-5)18-14(19-13)11(3)4/h9,11H,7-8,10H2,1-6H3,(H2,16,17,18,19). The Morgan fingerprint density at radius 3 is 2.25 bits per heavy atom. The summed E-state index contributed by atoms with van der Waals surface area (Å²) in [7, 11) is 1.89. The van der Waals surface area contributed by atoms with Gasteiger partial charge in [0.1, 0.15) is 17.5 Å². The van der Waals surface area contributed by atoms with Crippen LogP contribution in [-0.2, 0) is 0 Å².